The maximum atomic E-state index is 11.4. The van der Waals surface area contributed by atoms with Crippen molar-refractivity contribution in [1.82, 2.24) is 15.1 Å². The number of amides is 1. The molecule has 0 radical (unpaired) electrons. The van der Waals surface area contributed by atoms with Gasteiger partial charge in [-0.05, 0) is 57.0 Å². The van der Waals surface area contributed by atoms with Crippen LogP contribution < -0.4 is 11.1 Å². The third kappa shape index (κ3) is 5.71. The van der Waals surface area contributed by atoms with Crippen molar-refractivity contribution in [3.63, 3.8) is 0 Å². The number of nitrogens with one attached hydrogen (secondary N) is 1. The van der Waals surface area contributed by atoms with Gasteiger partial charge in [0.1, 0.15) is 0 Å². The Balaban J connectivity index is 0.00000243. The van der Waals surface area contributed by atoms with Crippen molar-refractivity contribution in [3.05, 3.63) is 0 Å². The first-order valence-electron chi connectivity index (χ1n) is 10.1. The van der Waals surface area contributed by atoms with E-state index in [9.17, 15) is 4.79 Å². The van der Waals surface area contributed by atoms with Gasteiger partial charge in [-0.1, -0.05) is 12.8 Å². The number of primary amides is 1. The Morgan fingerprint density at radius 3 is 2.42 bits per heavy atom. The number of carbonyl (C=O) groups excluding carboxylic acids is 1. The smallest absolute Gasteiger partial charge is 0.221 e. The summed E-state index contributed by atoms with van der Waals surface area (Å²) in [5.41, 5.74) is 5.46. The van der Waals surface area contributed by atoms with Crippen LogP contribution in [-0.2, 0) is 4.79 Å². The fourth-order valence-electron chi connectivity index (χ4n) is 4.90. The van der Waals surface area contributed by atoms with Crippen LogP contribution >= 0.6 is 24.0 Å². The molecule has 3 rings (SSSR count). The third-order valence-corrected chi connectivity index (χ3v) is 6.33. The van der Waals surface area contributed by atoms with Crippen molar-refractivity contribution in [2.45, 2.75) is 44.9 Å². The van der Waals surface area contributed by atoms with Crippen molar-refractivity contribution in [2.75, 3.05) is 46.3 Å². The maximum Gasteiger partial charge on any atom is 0.221 e. The number of aliphatic imine (C=N–C) groups is 1. The fourth-order valence-corrected chi connectivity index (χ4v) is 4.90. The van der Waals surface area contributed by atoms with E-state index in [0.717, 1.165) is 63.2 Å². The van der Waals surface area contributed by atoms with Crippen molar-refractivity contribution < 1.29 is 4.79 Å². The number of nitrogens with zero attached hydrogens (tertiary/aromatic N) is 3. The van der Waals surface area contributed by atoms with Gasteiger partial charge in [-0.25, -0.2) is 0 Å². The van der Waals surface area contributed by atoms with E-state index in [0.29, 0.717) is 0 Å². The van der Waals surface area contributed by atoms with E-state index in [2.05, 4.69) is 20.1 Å². The molecule has 7 heteroatoms. The average molecular weight is 477 g/mol. The van der Waals surface area contributed by atoms with Crippen molar-refractivity contribution in [2.24, 2.45) is 28.5 Å². The third-order valence-electron chi connectivity index (χ3n) is 6.33. The molecule has 3 aliphatic rings. The van der Waals surface area contributed by atoms with Crippen molar-refractivity contribution in [3.8, 4) is 0 Å². The fraction of sp³-hybridized carbons (Fsp3) is 0.895. The topological polar surface area (TPSA) is 74.0 Å². The molecular formula is C19H36IN5O. The second kappa shape index (κ2) is 10.7. The molecule has 6 nitrogen and oxygen atoms in total. The molecular weight excluding hydrogens is 441 g/mol. The standard InChI is InChI=1S/C19H35N5O.HI/c1-21-19(24-13-15-6-2-3-7-16(15)14-24)22-9-5-11-23-10-4-8-17(12-23)18(20)25;/h15-17H,2-14H2,1H3,(H2,20,25)(H,21,22);1H. The number of rotatable bonds is 5. The van der Waals surface area contributed by atoms with Crippen LogP contribution in [0, 0.1) is 17.8 Å². The lowest BCUT2D eigenvalue weighted by atomic mass is 9.82. The molecule has 0 spiro atoms. The van der Waals surface area contributed by atoms with Gasteiger partial charge >= 0.3 is 0 Å². The summed E-state index contributed by atoms with van der Waals surface area (Å²) in [6, 6.07) is 0. The second-order valence-corrected chi connectivity index (χ2v) is 8.08. The van der Waals surface area contributed by atoms with E-state index in [-0.39, 0.29) is 35.8 Å². The molecule has 2 heterocycles. The van der Waals surface area contributed by atoms with E-state index in [1.165, 1.54) is 38.8 Å². The van der Waals surface area contributed by atoms with Gasteiger partial charge in [0.25, 0.3) is 0 Å². The summed E-state index contributed by atoms with van der Waals surface area (Å²) >= 11 is 0. The highest BCUT2D eigenvalue weighted by Gasteiger charge is 2.35. The van der Waals surface area contributed by atoms with Crippen LogP contribution in [0.1, 0.15) is 44.9 Å². The molecule has 1 saturated carbocycles. The van der Waals surface area contributed by atoms with E-state index >= 15 is 0 Å². The predicted octanol–water partition coefficient (Wildman–Crippen LogP) is 1.89. The van der Waals surface area contributed by atoms with Gasteiger partial charge in [0.05, 0.1) is 5.92 Å². The summed E-state index contributed by atoms with van der Waals surface area (Å²) in [7, 11) is 1.90. The lowest BCUT2D eigenvalue weighted by Gasteiger charge is -2.31. The van der Waals surface area contributed by atoms with Crippen LogP contribution in [0.3, 0.4) is 0 Å². The van der Waals surface area contributed by atoms with Crippen LogP contribution in [0.5, 0.6) is 0 Å². The summed E-state index contributed by atoms with van der Waals surface area (Å²) in [4.78, 5) is 20.7. The van der Waals surface area contributed by atoms with Gasteiger partial charge in [0, 0.05) is 33.2 Å². The quantitative estimate of drug-likeness (QED) is 0.275. The van der Waals surface area contributed by atoms with Crippen LogP contribution in [0.2, 0.25) is 0 Å². The molecule has 1 amide bonds. The maximum absolute atomic E-state index is 11.4. The number of carbonyl (C=O) groups is 1. The summed E-state index contributed by atoms with van der Waals surface area (Å²) in [6.07, 6.45) is 8.72. The van der Waals surface area contributed by atoms with Gasteiger partial charge in [0.2, 0.25) is 5.91 Å². The van der Waals surface area contributed by atoms with Gasteiger partial charge in [0.15, 0.2) is 5.96 Å². The molecule has 0 bridgehead atoms. The number of hydrogen-bond donors (Lipinski definition) is 2. The number of nitrogens with two attached hydrogens (primary N) is 1. The van der Waals surface area contributed by atoms with Crippen LogP contribution in [-0.4, -0.2) is 68.0 Å². The van der Waals surface area contributed by atoms with Crippen LogP contribution in [0.15, 0.2) is 4.99 Å². The van der Waals surface area contributed by atoms with Crippen molar-refractivity contribution in [1.29, 1.82) is 0 Å². The molecule has 0 aromatic heterocycles. The highest BCUT2D eigenvalue weighted by Crippen LogP contribution is 2.35. The minimum atomic E-state index is -0.140. The number of likely N-dealkylation sites (tertiary alicyclic amines) is 2. The number of guanidine groups is 1. The van der Waals surface area contributed by atoms with Gasteiger partial charge < -0.3 is 20.9 Å². The Bertz CT molecular complexity index is 473. The molecule has 2 saturated heterocycles. The molecule has 2 aliphatic heterocycles. The zero-order valence-electron chi connectivity index (χ0n) is 16.2. The minimum absolute atomic E-state index is 0. The number of halogens is 1. The zero-order valence-corrected chi connectivity index (χ0v) is 18.5. The first-order chi connectivity index (χ1) is 12.2. The number of piperidine rings is 1. The summed E-state index contributed by atoms with van der Waals surface area (Å²) < 4.78 is 0. The predicted molar refractivity (Wildman–Crippen MR) is 117 cm³/mol. The molecule has 0 aromatic rings. The van der Waals surface area contributed by atoms with E-state index in [1.54, 1.807) is 0 Å². The lowest BCUT2D eigenvalue weighted by Crippen LogP contribution is -2.43. The first-order valence-corrected chi connectivity index (χ1v) is 10.1. The van der Waals surface area contributed by atoms with Gasteiger partial charge in [-0.3, -0.25) is 9.79 Å². The molecule has 1 aliphatic carbocycles. The molecule has 3 N–H and O–H groups in total. The largest absolute Gasteiger partial charge is 0.369 e. The van der Waals surface area contributed by atoms with Crippen LogP contribution in [0.25, 0.3) is 0 Å². The summed E-state index contributed by atoms with van der Waals surface area (Å²) in [6.45, 7) is 6.25. The average Bonchev–Trinajstić information content (AvgIpc) is 3.06. The van der Waals surface area contributed by atoms with Gasteiger partial charge in [-0.15, -0.1) is 24.0 Å². The molecule has 150 valence electrons. The molecule has 0 aromatic carbocycles. The summed E-state index contributed by atoms with van der Waals surface area (Å²) in [5.74, 6) is 2.74. The van der Waals surface area contributed by atoms with Crippen molar-refractivity contribution >= 4 is 35.8 Å². The molecule has 26 heavy (non-hydrogen) atoms. The zero-order chi connectivity index (χ0) is 17.6. The van der Waals surface area contributed by atoms with Gasteiger partial charge in [-0.2, -0.15) is 0 Å². The minimum Gasteiger partial charge on any atom is -0.369 e. The highest BCUT2D eigenvalue weighted by atomic mass is 127. The van der Waals surface area contributed by atoms with Crippen LogP contribution in [0.4, 0.5) is 0 Å². The Morgan fingerprint density at radius 1 is 1.12 bits per heavy atom. The Morgan fingerprint density at radius 2 is 1.81 bits per heavy atom. The van der Waals surface area contributed by atoms with E-state index in [4.69, 9.17) is 5.73 Å². The molecule has 3 fully saturated rings. The number of fused-ring (bicyclic) bond motifs is 1. The molecule has 3 unspecified atom stereocenters. The Kier molecular flexibility index (Phi) is 8.93. The lowest BCUT2D eigenvalue weighted by molar-refractivity contribution is -0.123. The summed E-state index contributed by atoms with van der Waals surface area (Å²) in [5, 5.41) is 3.55. The highest BCUT2D eigenvalue weighted by molar-refractivity contribution is 14.0. The normalized spacial score (nSPS) is 29.8. The molecule has 3 atom stereocenters. The monoisotopic (exact) mass is 477 g/mol. The first kappa shape index (κ1) is 21.7. The van der Waals surface area contributed by atoms with E-state index in [1.807, 2.05) is 7.05 Å². The second-order valence-electron chi connectivity index (χ2n) is 8.08. The number of hydrogen-bond acceptors (Lipinski definition) is 3. The van der Waals surface area contributed by atoms with E-state index < -0.39 is 0 Å². The SMILES string of the molecule is CN=C(NCCCN1CCCC(C(N)=O)C1)N1CC2CCCCC2C1.I. The Labute approximate surface area is 175 Å². The Hall–Kier alpha value is -0.570.